The van der Waals surface area contributed by atoms with E-state index in [9.17, 15) is 0 Å². The van der Waals surface area contributed by atoms with Crippen LogP contribution in [0.25, 0.3) is 5.57 Å². The van der Waals surface area contributed by atoms with E-state index in [1.165, 1.54) is 73.0 Å². The molecule has 0 bridgehead atoms. The van der Waals surface area contributed by atoms with Gasteiger partial charge in [-0.25, -0.2) is 0 Å². The minimum absolute atomic E-state index is 0.210. The van der Waals surface area contributed by atoms with Crippen molar-refractivity contribution < 1.29 is 0 Å². The number of likely N-dealkylation sites (tertiary alicyclic amines) is 1. The lowest BCUT2D eigenvalue weighted by molar-refractivity contribution is -0.0575. The number of fused-ring (bicyclic) bond motifs is 1. The summed E-state index contributed by atoms with van der Waals surface area (Å²) < 4.78 is 0. The molecule has 0 amide bonds. The fourth-order valence-corrected chi connectivity index (χ4v) is 6.73. The normalized spacial score (nSPS) is 33.6. The Balaban J connectivity index is 1.86. The minimum atomic E-state index is 0.210. The van der Waals surface area contributed by atoms with Gasteiger partial charge in [-0.15, -0.1) is 0 Å². The molecule has 1 aromatic carbocycles. The van der Waals surface area contributed by atoms with Gasteiger partial charge < -0.3 is 0 Å². The van der Waals surface area contributed by atoms with E-state index in [1.54, 1.807) is 5.56 Å². The number of nitrogens with zero attached hydrogens (tertiary/aromatic N) is 1. The molecule has 1 aliphatic heterocycles. The van der Waals surface area contributed by atoms with Crippen LogP contribution in [-0.2, 0) is 5.41 Å². The molecule has 1 aromatic rings. The molecule has 3 atom stereocenters. The highest BCUT2D eigenvalue weighted by atomic mass is 15.2. The summed E-state index contributed by atoms with van der Waals surface area (Å²) in [7, 11) is 0. The zero-order chi connectivity index (χ0) is 20.3. The van der Waals surface area contributed by atoms with Gasteiger partial charge in [0.1, 0.15) is 0 Å². The molecule has 3 aliphatic rings. The summed E-state index contributed by atoms with van der Waals surface area (Å²) in [6.07, 6.45) is 7.78. The van der Waals surface area contributed by atoms with Crippen molar-refractivity contribution in [1.29, 1.82) is 0 Å². The van der Waals surface area contributed by atoms with E-state index in [0.717, 1.165) is 12.3 Å². The molecule has 152 valence electrons. The Labute approximate surface area is 172 Å². The summed E-state index contributed by atoms with van der Waals surface area (Å²) in [6.45, 7) is 23.3. The van der Waals surface area contributed by atoms with Crippen LogP contribution in [0, 0.1) is 25.2 Å². The van der Waals surface area contributed by atoms with Crippen LogP contribution in [0.3, 0.4) is 0 Å². The van der Waals surface area contributed by atoms with E-state index >= 15 is 0 Å². The first kappa shape index (κ1) is 20.0. The topological polar surface area (TPSA) is 3.24 Å². The number of aryl methyl sites for hydroxylation is 1. The predicted molar refractivity (Wildman–Crippen MR) is 122 cm³/mol. The van der Waals surface area contributed by atoms with E-state index in [-0.39, 0.29) is 5.41 Å². The van der Waals surface area contributed by atoms with Crippen LogP contribution in [0.15, 0.2) is 30.9 Å². The van der Waals surface area contributed by atoms with Crippen molar-refractivity contribution in [2.24, 2.45) is 11.3 Å². The fourth-order valence-electron chi connectivity index (χ4n) is 6.73. The Morgan fingerprint density at radius 2 is 1.93 bits per heavy atom. The molecule has 2 saturated carbocycles. The first-order chi connectivity index (χ1) is 13.2. The number of hydrogen-bond acceptors (Lipinski definition) is 1. The molecule has 1 heteroatoms. The van der Waals surface area contributed by atoms with Gasteiger partial charge in [-0.3, -0.25) is 4.90 Å². The Bertz CT molecular complexity index is 814. The van der Waals surface area contributed by atoms with Gasteiger partial charge in [0.25, 0.3) is 0 Å². The lowest BCUT2D eigenvalue weighted by atomic mass is 9.47. The van der Waals surface area contributed by atoms with Gasteiger partial charge >= 0.3 is 0 Å². The number of benzene rings is 1. The van der Waals surface area contributed by atoms with Crippen LogP contribution in [-0.4, -0.2) is 24.0 Å². The molecular formula is C27H39N. The highest BCUT2D eigenvalue weighted by Gasteiger charge is 2.58. The molecule has 0 aromatic heterocycles. The average molecular weight is 378 g/mol. The zero-order valence-corrected chi connectivity index (χ0v) is 18.8. The molecule has 1 saturated heterocycles. The van der Waals surface area contributed by atoms with Crippen molar-refractivity contribution in [2.75, 3.05) is 13.1 Å². The van der Waals surface area contributed by atoms with E-state index < -0.39 is 0 Å². The molecule has 0 spiro atoms. The lowest BCUT2D eigenvalue weighted by Gasteiger charge is -2.63. The maximum atomic E-state index is 4.50. The summed E-state index contributed by atoms with van der Waals surface area (Å²) in [5.41, 5.74) is 9.05. The fraction of sp³-hybridized carbons (Fsp3) is 0.630. The van der Waals surface area contributed by atoms with Gasteiger partial charge in [-0.05, 0) is 106 Å². The second-order valence-electron chi connectivity index (χ2n) is 10.5. The third kappa shape index (κ3) is 2.93. The highest BCUT2D eigenvalue weighted by molar-refractivity contribution is 5.67. The predicted octanol–water partition coefficient (Wildman–Crippen LogP) is 6.82. The molecule has 1 heterocycles. The zero-order valence-electron chi connectivity index (χ0n) is 18.8. The van der Waals surface area contributed by atoms with E-state index in [2.05, 4.69) is 64.8 Å². The molecule has 1 nitrogen and oxygen atoms in total. The largest absolute Gasteiger partial charge is 0.300 e. The molecule has 28 heavy (non-hydrogen) atoms. The lowest BCUT2D eigenvalue weighted by Crippen LogP contribution is -2.63. The van der Waals surface area contributed by atoms with Crippen molar-refractivity contribution in [3.8, 4) is 0 Å². The molecule has 0 radical (unpaired) electrons. The summed E-state index contributed by atoms with van der Waals surface area (Å²) >= 11 is 0. The summed E-state index contributed by atoms with van der Waals surface area (Å²) in [6, 6.07) is 5.26. The van der Waals surface area contributed by atoms with E-state index in [4.69, 9.17) is 0 Å². The molecule has 0 N–H and O–H groups in total. The molecule has 2 aliphatic carbocycles. The smallest absolute Gasteiger partial charge is 0.0130 e. The second-order valence-corrected chi connectivity index (χ2v) is 10.5. The summed E-state index contributed by atoms with van der Waals surface area (Å²) in [5.74, 6) is 0.965. The minimum Gasteiger partial charge on any atom is -0.300 e. The molecule has 3 unspecified atom stereocenters. The van der Waals surface area contributed by atoms with Gasteiger partial charge in [0.2, 0.25) is 0 Å². The Hall–Kier alpha value is -1.34. The molecule has 4 rings (SSSR count). The van der Waals surface area contributed by atoms with Gasteiger partial charge in [0.05, 0.1) is 0 Å². The van der Waals surface area contributed by atoms with Gasteiger partial charge in [-0.1, -0.05) is 43.4 Å². The van der Waals surface area contributed by atoms with Crippen LogP contribution >= 0.6 is 0 Å². The summed E-state index contributed by atoms with van der Waals surface area (Å²) in [5, 5.41) is 0. The highest BCUT2D eigenvalue weighted by Crippen LogP contribution is 2.61. The average Bonchev–Trinajstić information content (AvgIpc) is 3.44. The van der Waals surface area contributed by atoms with Crippen LogP contribution in [0.4, 0.5) is 0 Å². The van der Waals surface area contributed by atoms with Gasteiger partial charge in [0.15, 0.2) is 0 Å². The van der Waals surface area contributed by atoms with Crippen molar-refractivity contribution in [1.82, 2.24) is 4.90 Å². The maximum absolute atomic E-state index is 4.50. The number of hydrogen-bond donors (Lipinski definition) is 0. The van der Waals surface area contributed by atoms with Crippen LogP contribution in [0.5, 0.6) is 0 Å². The first-order valence-corrected chi connectivity index (χ1v) is 11.4. The quantitative estimate of drug-likeness (QED) is 0.520. The SMILES string of the molecule is C=C1CCC2(C)C(C)N(CC3CC3)CCC2(c2c(C)ccc(C(=C)C)c2C)C1. The summed E-state index contributed by atoms with van der Waals surface area (Å²) in [4.78, 5) is 2.83. The van der Waals surface area contributed by atoms with Crippen molar-refractivity contribution in [3.63, 3.8) is 0 Å². The third-order valence-corrected chi connectivity index (χ3v) is 8.74. The van der Waals surface area contributed by atoms with Gasteiger partial charge in [-0.2, -0.15) is 0 Å². The second kappa shape index (κ2) is 6.87. The van der Waals surface area contributed by atoms with Crippen LogP contribution in [0.1, 0.15) is 81.5 Å². The Morgan fingerprint density at radius 1 is 1.21 bits per heavy atom. The van der Waals surface area contributed by atoms with Crippen LogP contribution < -0.4 is 0 Å². The standard InChI is InChI=1S/C27H39N/c1-18(2)24-11-8-20(4)25(21(24)5)27-14-15-28(17-23-9-10-23)22(6)26(27,7)13-12-19(3)16-27/h8,11,22-23H,1,3,9-10,12-17H2,2,4-7H3. The third-order valence-electron chi connectivity index (χ3n) is 8.74. The van der Waals surface area contributed by atoms with Crippen molar-refractivity contribution in [3.05, 3.63) is 53.1 Å². The number of piperidine rings is 1. The first-order valence-electron chi connectivity index (χ1n) is 11.4. The maximum Gasteiger partial charge on any atom is 0.0130 e. The Kier molecular flexibility index (Phi) is 4.90. The monoisotopic (exact) mass is 377 g/mol. The van der Waals surface area contributed by atoms with Gasteiger partial charge in [0, 0.05) is 18.0 Å². The molecule has 3 fully saturated rings. The van der Waals surface area contributed by atoms with E-state index in [1.807, 2.05) is 0 Å². The van der Waals surface area contributed by atoms with Crippen molar-refractivity contribution >= 4 is 5.57 Å². The number of rotatable bonds is 4. The number of allylic oxidation sites excluding steroid dienone is 2. The van der Waals surface area contributed by atoms with Crippen molar-refractivity contribution in [2.45, 2.75) is 84.6 Å². The Morgan fingerprint density at radius 3 is 2.57 bits per heavy atom. The molecular weight excluding hydrogens is 338 g/mol. The van der Waals surface area contributed by atoms with Crippen LogP contribution in [0.2, 0.25) is 0 Å². The van der Waals surface area contributed by atoms with E-state index in [0.29, 0.717) is 11.5 Å².